The van der Waals surface area contributed by atoms with Crippen molar-refractivity contribution in [2.24, 2.45) is 10.7 Å². The first-order valence-electron chi connectivity index (χ1n) is 9.24. The quantitative estimate of drug-likeness (QED) is 0.567. The first kappa shape index (κ1) is 19.9. The van der Waals surface area contributed by atoms with Crippen LogP contribution in [-0.4, -0.2) is 11.6 Å². The molecule has 0 bridgehead atoms. The molecule has 0 heterocycles. The van der Waals surface area contributed by atoms with Crippen LogP contribution in [0, 0.1) is 6.92 Å². The summed E-state index contributed by atoms with van der Waals surface area (Å²) in [5.41, 5.74) is 11.6. The van der Waals surface area contributed by atoms with Gasteiger partial charge in [0.25, 0.3) is 0 Å². The summed E-state index contributed by atoms with van der Waals surface area (Å²) in [5, 5.41) is 4.04. The number of aryl methyl sites for hydroxylation is 1. The van der Waals surface area contributed by atoms with Crippen LogP contribution < -0.4 is 11.1 Å². The molecular formula is C23H24ClN3O. The normalized spacial score (nSPS) is 14.9. The van der Waals surface area contributed by atoms with E-state index in [1.54, 1.807) is 0 Å². The second-order valence-electron chi connectivity index (χ2n) is 6.93. The molecule has 0 radical (unpaired) electrons. The summed E-state index contributed by atoms with van der Waals surface area (Å²) in [7, 11) is 0. The Morgan fingerprint density at radius 3 is 2.57 bits per heavy atom. The fourth-order valence-electron chi connectivity index (χ4n) is 3.20. The molecule has 0 spiro atoms. The topological polar surface area (TPSA) is 67.5 Å². The maximum Gasteiger partial charge on any atom is 0.139 e. The Kier molecular flexibility index (Phi) is 6.32. The highest BCUT2D eigenvalue weighted by atomic mass is 35.5. The van der Waals surface area contributed by atoms with Crippen LogP contribution in [0.15, 0.2) is 71.4 Å². The highest BCUT2D eigenvalue weighted by Gasteiger charge is 2.21. The minimum absolute atomic E-state index is 0.163. The number of amidine groups is 1. The summed E-state index contributed by atoms with van der Waals surface area (Å²) in [6, 6.07) is 15.6. The standard InChI is InChI=1S/C23H24ClN3O/c1-15-5-3-4-6-20(15)16(2)27-23(21-12-11-19(28)13-22(21)25)26-14-17-7-9-18(24)10-8-17/h3-10H,2,11-14,25H2,1H3,(H,26,27). The zero-order chi connectivity index (χ0) is 20.1. The number of benzene rings is 2. The molecule has 0 saturated carbocycles. The van der Waals surface area contributed by atoms with E-state index in [1.165, 1.54) is 0 Å². The summed E-state index contributed by atoms with van der Waals surface area (Å²) in [5.74, 6) is 0.837. The number of hydrogen-bond donors (Lipinski definition) is 2. The summed E-state index contributed by atoms with van der Waals surface area (Å²) in [6.07, 6.45) is 1.33. The summed E-state index contributed by atoms with van der Waals surface area (Å²) >= 11 is 5.96. The van der Waals surface area contributed by atoms with E-state index in [2.05, 4.69) is 11.9 Å². The number of halogens is 1. The highest BCUT2D eigenvalue weighted by Crippen LogP contribution is 2.22. The van der Waals surface area contributed by atoms with Gasteiger partial charge in [0.1, 0.15) is 11.6 Å². The Bertz CT molecular complexity index is 958. The lowest BCUT2D eigenvalue weighted by molar-refractivity contribution is -0.118. The summed E-state index contributed by atoms with van der Waals surface area (Å²) in [6.45, 7) is 6.71. The van der Waals surface area contributed by atoms with Gasteiger partial charge in [-0.1, -0.05) is 54.6 Å². The molecule has 3 rings (SSSR count). The van der Waals surface area contributed by atoms with Crippen LogP contribution >= 0.6 is 11.6 Å². The monoisotopic (exact) mass is 393 g/mol. The van der Waals surface area contributed by atoms with Crippen molar-refractivity contribution in [3.8, 4) is 0 Å². The Morgan fingerprint density at radius 1 is 1.18 bits per heavy atom. The molecule has 144 valence electrons. The first-order chi connectivity index (χ1) is 13.4. The molecule has 1 aliphatic carbocycles. The number of carbonyl (C=O) groups excluding carboxylic acids is 1. The van der Waals surface area contributed by atoms with Crippen molar-refractivity contribution in [3.05, 3.63) is 88.1 Å². The number of nitrogens with zero attached hydrogens (tertiary/aromatic N) is 1. The van der Waals surface area contributed by atoms with Crippen LogP contribution in [0.2, 0.25) is 5.02 Å². The second kappa shape index (κ2) is 8.89. The minimum atomic E-state index is 0.163. The van der Waals surface area contributed by atoms with Gasteiger partial charge in [0.05, 0.1) is 6.54 Å². The van der Waals surface area contributed by atoms with E-state index < -0.39 is 0 Å². The third kappa shape index (κ3) is 4.90. The Morgan fingerprint density at radius 2 is 1.89 bits per heavy atom. The molecular weight excluding hydrogens is 370 g/mol. The van der Waals surface area contributed by atoms with E-state index in [-0.39, 0.29) is 12.2 Å². The molecule has 4 nitrogen and oxygen atoms in total. The van der Waals surface area contributed by atoms with Crippen LogP contribution in [0.25, 0.3) is 5.70 Å². The second-order valence-corrected chi connectivity index (χ2v) is 7.37. The van der Waals surface area contributed by atoms with E-state index in [9.17, 15) is 4.79 Å². The van der Waals surface area contributed by atoms with Gasteiger partial charge in [0.15, 0.2) is 0 Å². The van der Waals surface area contributed by atoms with Crippen molar-refractivity contribution in [2.45, 2.75) is 32.7 Å². The number of carbonyl (C=O) groups is 1. The van der Waals surface area contributed by atoms with Gasteiger partial charge in [0, 0.05) is 40.4 Å². The van der Waals surface area contributed by atoms with Gasteiger partial charge >= 0.3 is 0 Å². The van der Waals surface area contributed by atoms with Gasteiger partial charge < -0.3 is 11.1 Å². The van der Waals surface area contributed by atoms with Gasteiger partial charge in [-0.3, -0.25) is 9.79 Å². The van der Waals surface area contributed by atoms with Crippen LogP contribution in [0.5, 0.6) is 0 Å². The molecule has 0 aromatic heterocycles. The fourth-order valence-corrected chi connectivity index (χ4v) is 3.32. The summed E-state index contributed by atoms with van der Waals surface area (Å²) < 4.78 is 0. The third-order valence-corrected chi connectivity index (χ3v) is 5.04. The molecule has 28 heavy (non-hydrogen) atoms. The summed E-state index contributed by atoms with van der Waals surface area (Å²) in [4.78, 5) is 16.5. The van der Waals surface area contributed by atoms with E-state index in [0.717, 1.165) is 28.0 Å². The molecule has 2 aromatic rings. The average molecular weight is 394 g/mol. The van der Waals surface area contributed by atoms with Gasteiger partial charge in [-0.2, -0.15) is 0 Å². The van der Waals surface area contributed by atoms with Crippen LogP contribution in [-0.2, 0) is 11.3 Å². The molecule has 0 fully saturated rings. The van der Waals surface area contributed by atoms with Crippen molar-refractivity contribution in [2.75, 3.05) is 0 Å². The maximum atomic E-state index is 11.7. The van der Waals surface area contributed by atoms with E-state index in [1.807, 2.05) is 55.5 Å². The lowest BCUT2D eigenvalue weighted by Crippen LogP contribution is -2.29. The molecule has 0 saturated heterocycles. The number of nitrogens with two attached hydrogens (primary N) is 1. The van der Waals surface area contributed by atoms with E-state index in [0.29, 0.717) is 35.9 Å². The number of ketones is 1. The molecule has 1 aliphatic rings. The molecule has 2 aromatic carbocycles. The Labute approximate surface area is 170 Å². The zero-order valence-corrected chi connectivity index (χ0v) is 16.7. The van der Waals surface area contributed by atoms with Gasteiger partial charge in [-0.15, -0.1) is 0 Å². The van der Waals surface area contributed by atoms with E-state index in [4.69, 9.17) is 22.3 Å². The Balaban J connectivity index is 1.90. The smallest absolute Gasteiger partial charge is 0.139 e. The predicted octanol–water partition coefficient (Wildman–Crippen LogP) is 4.77. The Hall–Kier alpha value is -2.85. The van der Waals surface area contributed by atoms with Crippen LogP contribution in [0.3, 0.4) is 0 Å². The maximum absolute atomic E-state index is 11.7. The van der Waals surface area contributed by atoms with E-state index >= 15 is 0 Å². The van der Waals surface area contributed by atoms with Crippen LogP contribution in [0.4, 0.5) is 0 Å². The molecule has 0 amide bonds. The number of rotatable bonds is 5. The van der Waals surface area contributed by atoms with Crippen molar-refractivity contribution < 1.29 is 4.79 Å². The number of hydrogen-bond acceptors (Lipinski definition) is 3. The molecule has 0 aliphatic heterocycles. The molecule has 0 atom stereocenters. The van der Waals surface area contributed by atoms with Gasteiger partial charge in [0.2, 0.25) is 0 Å². The predicted molar refractivity (Wildman–Crippen MR) is 116 cm³/mol. The third-order valence-electron chi connectivity index (χ3n) is 4.79. The molecule has 3 N–H and O–H groups in total. The minimum Gasteiger partial charge on any atom is -0.401 e. The van der Waals surface area contributed by atoms with Gasteiger partial charge in [-0.25, -0.2) is 0 Å². The van der Waals surface area contributed by atoms with Gasteiger partial charge in [-0.05, 0) is 36.6 Å². The zero-order valence-electron chi connectivity index (χ0n) is 16.0. The highest BCUT2D eigenvalue weighted by molar-refractivity contribution is 6.30. The van der Waals surface area contributed by atoms with Crippen molar-refractivity contribution in [3.63, 3.8) is 0 Å². The average Bonchev–Trinajstić information content (AvgIpc) is 2.67. The number of nitrogens with one attached hydrogen (secondary N) is 1. The molecule has 5 heteroatoms. The first-order valence-corrected chi connectivity index (χ1v) is 9.62. The van der Waals surface area contributed by atoms with Crippen molar-refractivity contribution in [1.82, 2.24) is 5.32 Å². The van der Waals surface area contributed by atoms with Crippen LogP contribution in [0.1, 0.15) is 36.0 Å². The SMILES string of the molecule is C=C(NC(=NCc1ccc(Cl)cc1)C1=C(N)CC(=O)CC1)c1ccccc1C. The molecule has 0 unspecified atom stereocenters. The van der Waals surface area contributed by atoms with Crippen molar-refractivity contribution >= 4 is 28.9 Å². The number of allylic oxidation sites excluding steroid dienone is 1. The lowest BCUT2D eigenvalue weighted by Gasteiger charge is -2.21. The lowest BCUT2D eigenvalue weighted by atomic mass is 9.94. The van der Waals surface area contributed by atoms with Crippen molar-refractivity contribution in [1.29, 1.82) is 0 Å². The number of aliphatic imine (C=N–C) groups is 1. The fraction of sp³-hybridized carbons (Fsp3) is 0.217. The number of Topliss-reactive ketones (excluding diaryl/α,β-unsaturated/α-hetero) is 1. The largest absolute Gasteiger partial charge is 0.401 e.